The molecule has 0 saturated heterocycles. The third-order valence-corrected chi connectivity index (χ3v) is 3.85. The second-order valence-corrected chi connectivity index (χ2v) is 5.78. The molecule has 1 aromatic carbocycles. The number of hydrogen-bond donors (Lipinski definition) is 1. The van der Waals surface area contributed by atoms with Crippen LogP contribution in [0.15, 0.2) is 30.3 Å². The van der Waals surface area contributed by atoms with Crippen molar-refractivity contribution in [3.63, 3.8) is 0 Å². The average Bonchev–Trinajstić information content (AvgIpc) is 3.37. The first kappa shape index (κ1) is 16.0. The highest BCUT2D eigenvalue weighted by molar-refractivity contribution is 5.81. The molecule has 1 amide bonds. The number of nitrogens with one attached hydrogen (secondary N) is 1. The van der Waals surface area contributed by atoms with E-state index in [2.05, 4.69) is 11.4 Å². The van der Waals surface area contributed by atoms with Gasteiger partial charge in [-0.2, -0.15) is 5.26 Å². The smallest absolute Gasteiger partial charge is 0.306 e. The summed E-state index contributed by atoms with van der Waals surface area (Å²) in [5, 5.41) is 11.8. The first-order chi connectivity index (χ1) is 10.5. The van der Waals surface area contributed by atoms with E-state index >= 15 is 0 Å². The summed E-state index contributed by atoms with van der Waals surface area (Å²) in [6.07, 6.45) is 2.71. The van der Waals surface area contributed by atoms with Gasteiger partial charge in [0.15, 0.2) is 6.61 Å². The second kappa shape index (κ2) is 7.08. The van der Waals surface area contributed by atoms with Crippen LogP contribution >= 0.6 is 0 Å². The van der Waals surface area contributed by atoms with E-state index in [0.717, 1.165) is 18.4 Å². The standard InChI is InChI=1S/C17H20N2O3/c1-17(12-18,14-8-9-14)19-15(20)11-22-16(21)10-7-13-5-3-2-4-6-13/h2-6,14H,7-11H2,1H3,(H,19,20)/t17-/m1/s1. The zero-order valence-electron chi connectivity index (χ0n) is 12.7. The van der Waals surface area contributed by atoms with Crippen LogP contribution in [0.4, 0.5) is 0 Å². The van der Waals surface area contributed by atoms with Crippen LogP contribution in [-0.2, 0) is 20.7 Å². The largest absolute Gasteiger partial charge is 0.456 e. The van der Waals surface area contributed by atoms with Gasteiger partial charge in [-0.3, -0.25) is 9.59 Å². The van der Waals surface area contributed by atoms with Crippen LogP contribution in [0.5, 0.6) is 0 Å². The Labute approximate surface area is 130 Å². The normalized spacial score (nSPS) is 16.2. The van der Waals surface area contributed by atoms with Crippen molar-refractivity contribution in [3.8, 4) is 6.07 Å². The molecule has 0 unspecified atom stereocenters. The Morgan fingerprint density at radius 3 is 2.64 bits per heavy atom. The first-order valence-electron chi connectivity index (χ1n) is 7.45. The molecule has 0 heterocycles. The van der Waals surface area contributed by atoms with E-state index in [-0.39, 0.29) is 18.9 Å². The lowest BCUT2D eigenvalue weighted by atomic mass is 9.98. The highest BCUT2D eigenvalue weighted by atomic mass is 16.5. The second-order valence-electron chi connectivity index (χ2n) is 5.78. The number of aryl methyl sites for hydroxylation is 1. The van der Waals surface area contributed by atoms with Gasteiger partial charge in [0, 0.05) is 6.42 Å². The molecule has 1 aliphatic carbocycles. The molecule has 1 atom stereocenters. The summed E-state index contributed by atoms with van der Waals surface area (Å²) in [4.78, 5) is 23.4. The lowest BCUT2D eigenvalue weighted by Crippen LogP contribution is -2.48. The van der Waals surface area contributed by atoms with Crippen LogP contribution in [0.25, 0.3) is 0 Å². The minimum atomic E-state index is -0.854. The summed E-state index contributed by atoms with van der Waals surface area (Å²) >= 11 is 0. The minimum absolute atomic E-state index is 0.204. The topological polar surface area (TPSA) is 79.2 Å². The summed E-state index contributed by atoms with van der Waals surface area (Å²) in [6, 6.07) is 11.7. The van der Waals surface area contributed by atoms with E-state index in [4.69, 9.17) is 10.00 Å². The van der Waals surface area contributed by atoms with Crippen molar-refractivity contribution in [2.24, 2.45) is 5.92 Å². The maximum atomic E-state index is 11.8. The van der Waals surface area contributed by atoms with Crippen LogP contribution in [0.2, 0.25) is 0 Å². The molecule has 22 heavy (non-hydrogen) atoms. The predicted molar refractivity (Wildman–Crippen MR) is 80.6 cm³/mol. The highest BCUT2D eigenvalue weighted by Gasteiger charge is 2.43. The molecule has 0 aliphatic heterocycles. The molecule has 0 radical (unpaired) electrons. The molecule has 1 aliphatic rings. The third-order valence-electron chi connectivity index (χ3n) is 3.85. The maximum absolute atomic E-state index is 11.8. The number of amides is 1. The Morgan fingerprint density at radius 1 is 1.36 bits per heavy atom. The summed E-state index contributed by atoms with van der Waals surface area (Å²) in [5.74, 6) is -0.636. The van der Waals surface area contributed by atoms with Crippen molar-refractivity contribution in [2.45, 2.75) is 38.1 Å². The molecular formula is C17H20N2O3. The number of ether oxygens (including phenoxy) is 1. The molecule has 116 valence electrons. The van der Waals surface area contributed by atoms with E-state index in [1.165, 1.54) is 0 Å². The fourth-order valence-electron chi connectivity index (χ4n) is 2.32. The Bertz CT molecular complexity index is 575. The van der Waals surface area contributed by atoms with Crippen LogP contribution < -0.4 is 5.32 Å². The molecule has 1 aromatic rings. The van der Waals surface area contributed by atoms with Gasteiger partial charge in [-0.15, -0.1) is 0 Å². The predicted octanol–water partition coefficient (Wildman–Crippen LogP) is 1.97. The third kappa shape index (κ3) is 4.59. The molecule has 0 aromatic heterocycles. The lowest BCUT2D eigenvalue weighted by Gasteiger charge is -2.22. The van der Waals surface area contributed by atoms with Gasteiger partial charge in [-0.25, -0.2) is 0 Å². The molecule has 0 bridgehead atoms. The van der Waals surface area contributed by atoms with Crippen LogP contribution in [0.3, 0.4) is 0 Å². The van der Waals surface area contributed by atoms with E-state index in [1.807, 2.05) is 30.3 Å². The number of nitrogens with zero attached hydrogens (tertiary/aromatic N) is 1. The number of rotatable bonds is 7. The summed E-state index contributed by atoms with van der Waals surface area (Å²) in [5.41, 5.74) is 0.197. The molecule has 2 rings (SSSR count). The molecule has 1 saturated carbocycles. The SMILES string of the molecule is C[C@](C#N)(NC(=O)COC(=O)CCc1ccccc1)C1CC1. The van der Waals surface area contributed by atoms with Gasteiger partial charge in [0.1, 0.15) is 5.54 Å². The molecular weight excluding hydrogens is 280 g/mol. The molecule has 5 nitrogen and oxygen atoms in total. The average molecular weight is 300 g/mol. The van der Waals surface area contributed by atoms with Gasteiger partial charge < -0.3 is 10.1 Å². The molecule has 1 fully saturated rings. The number of nitriles is 1. The first-order valence-corrected chi connectivity index (χ1v) is 7.45. The Kier molecular flexibility index (Phi) is 5.16. The van der Waals surface area contributed by atoms with Crippen molar-refractivity contribution in [2.75, 3.05) is 6.61 Å². The monoisotopic (exact) mass is 300 g/mol. The fraction of sp³-hybridized carbons (Fsp3) is 0.471. The summed E-state index contributed by atoms with van der Waals surface area (Å²) in [7, 11) is 0. The van der Waals surface area contributed by atoms with Crippen molar-refractivity contribution in [1.82, 2.24) is 5.32 Å². The van der Waals surface area contributed by atoms with Crippen molar-refractivity contribution < 1.29 is 14.3 Å². The fourth-order valence-corrected chi connectivity index (χ4v) is 2.32. The highest BCUT2D eigenvalue weighted by Crippen LogP contribution is 2.39. The maximum Gasteiger partial charge on any atom is 0.306 e. The minimum Gasteiger partial charge on any atom is -0.456 e. The van der Waals surface area contributed by atoms with Crippen molar-refractivity contribution in [3.05, 3.63) is 35.9 Å². The number of esters is 1. The molecule has 0 spiro atoms. The number of hydrogen-bond acceptors (Lipinski definition) is 4. The number of carbonyl (C=O) groups excluding carboxylic acids is 2. The van der Waals surface area contributed by atoms with E-state index < -0.39 is 17.4 Å². The Morgan fingerprint density at radius 2 is 2.05 bits per heavy atom. The molecule has 5 heteroatoms. The zero-order chi connectivity index (χ0) is 16.0. The van der Waals surface area contributed by atoms with E-state index in [1.54, 1.807) is 6.92 Å². The van der Waals surface area contributed by atoms with Crippen LogP contribution in [0.1, 0.15) is 31.7 Å². The number of carbonyl (C=O) groups is 2. The lowest BCUT2D eigenvalue weighted by molar-refractivity contribution is -0.148. The van der Waals surface area contributed by atoms with Gasteiger partial charge in [0.2, 0.25) is 0 Å². The van der Waals surface area contributed by atoms with Gasteiger partial charge >= 0.3 is 5.97 Å². The van der Waals surface area contributed by atoms with Gasteiger partial charge in [0.05, 0.1) is 6.07 Å². The zero-order valence-corrected chi connectivity index (χ0v) is 12.7. The Hall–Kier alpha value is -2.35. The van der Waals surface area contributed by atoms with E-state index in [0.29, 0.717) is 6.42 Å². The van der Waals surface area contributed by atoms with Crippen LogP contribution in [0, 0.1) is 17.2 Å². The van der Waals surface area contributed by atoms with Gasteiger partial charge in [-0.05, 0) is 37.7 Å². The summed E-state index contributed by atoms with van der Waals surface area (Å²) < 4.78 is 4.96. The van der Waals surface area contributed by atoms with E-state index in [9.17, 15) is 9.59 Å². The summed E-state index contributed by atoms with van der Waals surface area (Å²) in [6.45, 7) is 1.37. The van der Waals surface area contributed by atoms with Crippen molar-refractivity contribution >= 4 is 11.9 Å². The van der Waals surface area contributed by atoms with Gasteiger partial charge in [-0.1, -0.05) is 30.3 Å². The van der Waals surface area contributed by atoms with Gasteiger partial charge in [0.25, 0.3) is 5.91 Å². The quantitative estimate of drug-likeness (QED) is 0.781. The molecule has 1 N–H and O–H groups in total. The number of benzene rings is 1. The Balaban J connectivity index is 1.69. The van der Waals surface area contributed by atoms with Crippen LogP contribution in [-0.4, -0.2) is 24.0 Å². The van der Waals surface area contributed by atoms with Crippen molar-refractivity contribution in [1.29, 1.82) is 5.26 Å².